The van der Waals surface area contributed by atoms with Gasteiger partial charge in [0.05, 0.1) is 12.5 Å². The van der Waals surface area contributed by atoms with E-state index in [2.05, 4.69) is 10.2 Å². The molecule has 1 rings (SSSR count). The van der Waals surface area contributed by atoms with Gasteiger partial charge >= 0.3 is 11.7 Å². The summed E-state index contributed by atoms with van der Waals surface area (Å²) in [6.45, 7) is 6.02. The Balaban J connectivity index is 2.92. The number of H-pyrrole nitrogens is 1. The number of nitrogens with one attached hydrogen (secondary N) is 1. The van der Waals surface area contributed by atoms with Gasteiger partial charge in [-0.3, -0.25) is 9.36 Å². The van der Waals surface area contributed by atoms with E-state index in [1.165, 1.54) is 10.9 Å². The average molecular weight is 227 g/mol. The summed E-state index contributed by atoms with van der Waals surface area (Å²) in [5, 5.41) is 14.7. The van der Waals surface area contributed by atoms with Crippen molar-refractivity contribution in [2.24, 2.45) is 5.41 Å². The predicted molar refractivity (Wildman–Crippen MR) is 58.2 cm³/mol. The van der Waals surface area contributed by atoms with Crippen molar-refractivity contribution >= 4 is 5.97 Å². The van der Waals surface area contributed by atoms with Crippen LogP contribution in [0.3, 0.4) is 0 Å². The first kappa shape index (κ1) is 12.5. The van der Waals surface area contributed by atoms with E-state index in [1.807, 2.05) is 20.8 Å². The Morgan fingerprint density at radius 3 is 2.62 bits per heavy atom. The summed E-state index contributed by atoms with van der Waals surface area (Å²) >= 11 is 0. The highest BCUT2D eigenvalue weighted by atomic mass is 16.4. The van der Waals surface area contributed by atoms with Gasteiger partial charge in [0.15, 0.2) is 0 Å². The van der Waals surface area contributed by atoms with E-state index in [4.69, 9.17) is 5.11 Å². The van der Waals surface area contributed by atoms with Crippen LogP contribution in [-0.2, 0) is 4.79 Å². The van der Waals surface area contributed by atoms with Crippen LogP contribution in [-0.4, -0.2) is 25.8 Å². The maximum Gasteiger partial charge on any atom is 0.343 e. The van der Waals surface area contributed by atoms with Gasteiger partial charge in [0.1, 0.15) is 6.33 Å². The van der Waals surface area contributed by atoms with Gasteiger partial charge in [0, 0.05) is 0 Å². The van der Waals surface area contributed by atoms with Crippen molar-refractivity contribution in [2.45, 2.75) is 39.7 Å². The monoisotopic (exact) mass is 227 g/mol. The number of carboxylic acid groups (broad SMARTS) is 1. The Bertz CT molecular complexity index is 413. The van der Waals surface area contributed by atoms with Crippen LogP contribution in [0.1, 0.15) is 39.7 Å². The van der Waals surface area contributed by atoms with Gasteiger partial charge in [-0.15, -0.1) is 0 Å². The van der Waals surface area contributed by atoms with Crippen LogP contribution in [0.15, 0.2) is 11.1 Å². The largest absolute Gasteiger partial charge is 0.481 e. The molecule has 0 aromatic carbocycles. The molecule has 1 atom stereocenters. The van der Waals surface area contributed by atoms with E-state index in [0.717, 1.165) is 0 Å². The molecule has 0 fully saturated rings. The summed E-state index contributed by atoms with van der Waals surface area (Å²) in [4.78, 5) is 22.1. The third-order valence-corrected chi connectivity index (χ3v) is 2.23. The zero-order valence-corrected chi connectivity index (χ0v) is 9.73. The number of carbonyl (C=O) groups is 1. The molecule has 6 heteroatoms. The first-order valence-electron chi connectivity index (χ1n) is 5.13. The second-order valence-electron chi connectivity index (χ2n) is 5.09. The zero-order chi connectivity index (χ0) is 12.3. The van der Waals surface area contributed by atoms with Crippen molar-refractivity contribution < 1.29 is 9.90 Å². The van der Waals surface area contributed by atoms with Gasteiger partial charge in [0.2, 0.25) is 0 Å². The van der Waals surface area contributed by atoms with E-state index >= 15 is 0 Å². The predicted octanol–water partition coefficient (Wildman–Crippen LogP) is 1.02. The van der Waals surface area contributed by atoms with Gasteiger partial charge in [-0.05, 0) is 11.8 Å². The van der Waals surface area contributed by atoms with Gasteiger partial charge in [0.25, 0.3) is 0 Å². The number of rotatable bonds is 4. The minimum Gasteiger partial charge on any atom is -0.481 e. The van der Waals surface area contributed by atoms with Gasteiger partial charge < -0.3 is 5.11 Å². The Hall–Kier alpha value is -1.59. The Morgan fingerprint density at radius 2 is 2.25 bits per heavy atom. The Labute approximate surface area is 93.3 Å². The summed E-state index contributed by atoms with van der Waals surface area (Å²) in [6.07, 6.45) is 1.89. The number of aliphatic carboxylic acids is 1. The fourth-order valence-electron chi connectivity index (χ4n) is 1.69. The fourth-order valence-corrected chi connectivity index (χ4v) is 1.69. The fraction of sp³-hybridized carbons (Fsp3) is 0.700. The Kier molecular flexibility index (Phi) is 3.51. The average Bonchev–Trinajstić information content (AvgIpc) is 2.46. The molecule has 0 saturated heterocycles. The second kappa shape index (κ2) is 4.51. The molecule has 16 heavy (non-hydrogen) atoms. The number of hydrogen-bond acceptors (Lipinski definition) is 3. The molecule has 1 heterocycles. The van der Waals surface area contributed by atoms with Gasteiger partial charge in [-0.2, -0.15) is 5.10 Å². The van der Waals surface area contributed by atoms with Crippen LogP contribution in [0, 0.1) is 5.41 Å². The molecule has 0 aliphatic heterocycles. The topological polar surface area (TPSA) is 88.0 Å². The molecule has 2 N–H and O–H groups in total. The van der Waals surface area contributed by atoms with E-state index in [-0.39, 0.29) is 23.6 Å². The molecule has 0 aliphatic rings. The van der Waals surface area contributed by atoms with Crippen LogP contribution in [0.5, 0.6) is 0 Å². The van der Waals surface area contributed by atoms with Crippen molar-refractivity contribution in [3.63, 3.8) is 0 Å². The maximum absolute atomic E-state index is 11.4. The number of nitrogens with zero attached hydrogens (tertiary/aromatic N) is 2. The lowest BCUT2D eigenvalue weighted by atomic mass is 9.87. The lowest BCUT2D eigenvalue weighted by Gasteiger charge is -2.24. The molecule has 0 saturated carbocycles. The normalized spacial score (nSPS) is 13.7. The smallest absolute Gasteiger partial charge is 0.343 e. The first-order chi connectivity index (χ1) is 7.29. The highest BCUT2D eigenvalue weighted by molar-refractivity contribution is 5.67. The minimum absolute atomic E-state index is 0.0448. The van der Waals surface area contributed by atoms with Crippen LogP contribution < -0.4 is 5.69 Å². The molecule has 1 unspecified atom stereocenters. The van der Waals surface area contributed by atoms with Crippen molar-refractivity contribution in [2.75, 3.05) is 0 Å². The second-order valence-corrected chi connectivity index (χ2v) is 5.09. The molecule has 1 aromatic heterocycles. The summed E-state index contributed by atoms with van der Waals surface area (Å²) in [6, 6.07) is -0.358. The molecule has 90 valence electrons. The quantitative estimate of drug-likeness (QED) is 0.803. The van der Waals surface area contributed by atoms with Gasteiger partial charge in [-0.1, -0.05) is 20.8 Å². The standard InChI is InChI=1S/C10H17N3O3/c1-10(2,3)5-7(4-8(14)15)13-6-11-12-9(13)16/h6-7H,4-5H2,1-3H3,(H,12,16)(H,14,15). The molecule has 0 spiro atoms. The van der Waals surface area contributed by atoms with Gasteiger partial charge in [-0.25, -0.2) is 9.89 Å². The third-order valence-electron chi connectivity index (χ3n) is 2.23. The minimum atomic E-state index is -0.914. The molecule has 1 aromatic rings. The summed E-state index contributed by atoms with van der Waals surface area (Å²) in [5.41, 5.74) is -0.410. The number of aromatic amines is 1. The highest BCUT2D eigenvalue weighted by Crippen LogP contribution is 2.28. The van der Waals surface area contributed by atoms with Crippen LogP contribution >= 0.6 is 0 Å². The number of aromatic nitrogens is 3. The molecule has 0 radical (unpaired) electrons. The van der Waals surface area contributed by atoms with Crippen molar-refractivity contribution in [1.82, 2.24) is 14.8 Å². The third kappa shape index (κ3) is 3.52. The summed E-state index contributed by atoms with van der Waals surface area (Å²) < 4.78 is 1.35. The van der Waals surface area contributed by atoms with Crippen molar-refractivity contribution in [3.05, 3.63) is 16.8 Å². The van der Waals surface area contributed by atoms with E-state index in [0.29, 0.717) is 6.42 Å². The summed E-state index contributed by atoms with van der Waals surface area (Å²) in [5.74, 6) is -0.914. The van der Waals surface area contributed by atoms with E-state index in [1.54, 1.807) is 0 Å². The SMILES string of the molecule is CC(C)(C)CC(CC(=O)O)n1cn[nH]c1=O. The van der Waals surface area contributed by atoms with Crippen LogP contribution in [0.2, 0.25) is 0 Å². The van der Waals surface area contributed by atoms with Crippen LogP contribution in [0.4, 0.5) is 0 Å². The van der Waals surface area contributed by atoms with Crippen molar-refractivity contribution in [1.29, 1.82) is 0 Å². The maximum atomic E-state index is 11.4. The highest BCUT2D eigenvalue weighted by Gasteiger charge is 2.23. The molecule has 0 aliphatic carbocycles. The van der Waals surface area contributed by atoms with E-state index < -0.39 is 5.97 Å². The molecular formula is C10H17N3O3. The molecular weight excluding hydrogens is 210 g/mol. The lowest BCUT2D eigenvalue weighted by Crippen LogP contribution is -2.27. The molecule has 0 bridgehead atoms. The first-order valence-corrected chi connectivity index (χ1v) is 5.13. The van der Waals surface area contributed by atoms with Crippen LogP contribution in [0.25, 0.3) is 0 Å². The summed E-state index contributed by atoms with van der Waals surface area (Å²) in [7, 11) is 0. The molecule has 6 nitrogen and oxygen atoms in total. The molecule has 0 amide bonds. The van der Waals surface area contributed by atoms with E-state index in [9.17, 15) is 9.59 Å². The zero-order valence-electron chi connectivity index (χ0n) is 9.73. The van der Waals surface area contributed by atoms with Crippen molar-refractivity contribution in [3.8, 4) is 0 Å². The number of carboxylic acids is 1. The lowest BCUT2D eigenvalue weighted by molar-refractivity contribution is -0.138. The Morgan fingerprint density at radius 1 is 1.62 bits per heavy atom. The number of hydrogen-bond donors (Lipinski definition) is 2.